The number of alkyl halides is 3. The highest BCUT2D eigenvalue weighted by molar-refractivity contribution is 5.81. The van der Waals surface area contributed by atoms with Gasteiger partial charge in [-0.25, -0.2) is 0 Å². The number of rotatable bonds is 12. The number of aldehydes is 1. The maximum atomic E-state index is 12.5. The van der Waals surface area contributed by atoms with Crippen LogP contribution in [0.3, 0.4) is 0 Å². The van der Waals surface area contributed by atoms with Gasteiger partial charge in [0.25, 0.3) is 0 Å². The molecule has 168 valence electrons. The lowest BCUT2D eigenvalue weighted by molar-refractivity contribution is -0.275. The van der Waals surface area contributed by atoms with Gasteiger partial charge in [-0.1, -0.05) is 13.3 Å². The number of hydrogen-bond acceptors (Lipinski definition) is 7. The summed E-state index contributed by atoms with van der Waals surface area (Å²) in [7, 11) is 1.17. The van der Waals surface area contributed by atoms with Crippen LogP contribution in [0.25, 0.3) is 0 Å². The highest BCUT2D eigenvalue weighted by Crippen LogP contribution is 2.37. The minimum absolute atomic E-state index is 0.0472. The van der Waals surface area contributed by atoms with Gasteiger partial charge in [0.1, 0.15) is 12.4 Å². The molecule has 1 aromatic carbocycles. The second-order valence-electron chi connectivity index (χ2n) is 6.74. The van der Waals surface area contributed by atoms with Gasteiger partial charge in [0.15, 0.2) is 17.8 Å². The van der Waals surface area contributed by atoms with Gasteiger partial charge >= 0.3 is 12.3 Å². The van der Waals surface area contributed by atoms with Crippen molar-refractivity contribution < 1.29 is 46.4 Å². The van der Waals surface area contributed by atoms with Crippen LogP contribution in [-0.4, -0.2) is 51.7 Å². The van der Waals surface area contributed by atoms with E-state index in [9.17, 15) is 22.8 Å². The largest absolute Gasteiger partial charge is 0.573 e. The molecule has 7 nitrogen and oxygen atoms in total. The number of methoxy groups -OCH3 is 1. The van der Waals surface area contributed by atoms with E-state index < -0.39 is 12.1 Å². The molecule has 0 heterocycles. The Morgan fingerprint density at radius 1 is 1.13 bits per heavy atom. The van der Waals surface area contributed by atoms with Crippen molar-refractivity contribution in [3.05, 3.63) is 17.7 Å². The number of hydrogen-bond donors (Lipinski definition) is 0. The highest BCUT2D eigenvalue weighted by atomic mass is 19.4. The molecule has 1 saturated carbocycles. The first-order valence-corrected chi connectivity index (χ1v) is 9.61. The predicted molar refractivity (Wildman–Crippen MR) is 98.9 cm³/mol. The molecule has 0 radical (unpaired) electrons. The van der Waals surface area contributed by atoms with E-state index in [1.807, 2.05) is 6.92 Å². The number of esters is 1. The Bertz CT molecular complexity index is 715. The van der Waals surface area contributed by atoms with Crippen LogP contribution in [0.15, 0.2) is 12.1 Å². The first kappa shape index (κ1) is 23.8. The van der Waals surface area contributed by atoms with Gasteiger partial charge in [0, 0.05) is 6.07 Å². The Morgan fingerprint density at radius 3 is 2.47 bits per heavy atom. The summed E-state index contributed by atoms with van der Waals surface area (Å²) < 4.78 is 62.4. The molecule has 0 amide bonds. The molecule has 1 aromatic rings. The summed E-state index contributed by atoms with van der Waals surface area (Å²) in [6.07, 6.45) is -1.71. The van der Waals surface area contributed by atoms with Crippen molar-refractivity contribution in [2.45, 2.75) is 45.1 Å². The summed E-state index contributed by atoms with van der Waals surface area (Å²) in [6, 6.07) is 2.05. The Kier molecular flexibility index (Phi) is 8.76. The Morgan fingerprint density at radius 2 is 1.87 bits per heavy atom. The second kappa shape index (κ2) is 11.1. The molecule has 10 heteroatoms. The van der Waals surface area contributed by atoms with Gasteiger partial charge in [-0.15, -0.1) is 13.2 Å². The Labute approximate surface area is 172 Å². The predicted octanol–water partition coefficient (Wildman–Crippen LogP) is 3.92. The van der Waals surface area contributed by atoms with Crippen molar-refractivity contribution in [2.75, 3.05) is 26.9 Å². The van der Waals surface area contributed by atoms with E-state index in [-0.39, 0.29) is 48.3 Å². The fourth-order valence-corrected chi connectivity index (χ4v) is 2.83. The van der Waals surface area contributed by atoms with Crippen molar-refractivity contribution in [3.63, 3.8) is 0 Å². The lowest BCUT2D eigenvalue weighted by Crippen LogP contribution is -2.38. The minimum atomic E-state index is -4.92. The average Bonchev–Trinajstić information content (AvgIpc) is 2.65. The number of carbonyl (C=O) groups excluding carboxylic acids is 2. The van der Waals surface area contributed by atoms with E-state index in [0.717, 1.165) is 25.0 Å². The average molecular weight is 434 g/mol. The molecule has 0 saturated heterocycles. The molecule has 1 aliphatic carbocycles. The zero-order valence-corrected chi connectivity index (χ0v) is 16.8. The third-order valence-electron chi connectivity index (χ3n) is 4.51. The van der Waals surface area contributed by atoms with Crippen molar-refractivity contribution in [1.82, 2.24) is 0 Å². The van der Waals surface area contributed by atoms with Crippen molar-refractivity contribution in [3.8, 4) is 17.2 Å². The topological polar surface area (TPSA) is 80.3 Å². The van der Waals surface area contributed by atoms with E-state index in [2.05, 4.69) is 4.74 Å². The lowest BCUT2D eigenvalue weighted by Gasteiger charge is -2.33. The summed E-state index contributed by atoms with van der Waals surface area (Å²) in [6.45, 7) is 2.69. The molecule has 1 fully saturated rings. The monoisotopic (exact) mass is 434 g/mol. The van der Waals surface area contributed by atoms with Gasteiger partial charge in [-0.2, -0.15) is 0 Å². The number of unbranched alkanes of at least 4 members (excludes halogenated alkanes) is 1. The van der Waals surface area contributed by atoms with E-state index in [1.54, 1.807) is 0 Å². The molecule has 0 spiro atoms. The first-order chi connectivity index (χ1) is 14.3. The van der Waals surface area contributed by atoms with Gasteiger partial charge in [0.2, 0.25) is 0 Å². The fourth-order valence-electron chi connectivity index (χ4n) is 2.83. The highest BCUT2D eigenvalue weighted by Gasteiger charge is 2.36. The van der Waals surface area contributed by atoms with Crippen LogP contribution in [0.4, 0.5) is 13.2 Å². The second-order valence-corrected chi connectivity index (χ2v) is 6.74. The van der Waals surface area contributed by atoms with Gasteiger partial charge in [-0.3, -0.25) is 9.59 Å². The summed E-state index contributed by atoms with van der Waals surface area (Å²) in [4.78, 5) is 23.0. The van der Waals surface area contributed by atoms with Gasteiger partial charge < -0.3 is 23.7 Å². The Balaban J connectivity index is 1.78. The molecule has 0 bridgehead atoms. The fraction of sp³-hybridized carbons (Fsp3) is 0.600. The van der Waals surface area contributed by atoms with Crippen molar-refractivity contribution >= 4 is 12.3 Å². The molecule has 2 rings (SSSR count). The summed E-state index contributed by atoms with van der Waals surface area (Å²) in [5, 5.41) is 0. The van der Waals surface area contributed by atoms with E-state index in [1.165, 1.54) is 7.11 Å². The van der Waals surface area contributed by atoms with Crippen LogP contribution in [0.5, 0.6) is 17.2 Å². The summed E-state index contributed by atoms with van der Waals surface area (Å²) >= 11 is 0. The third kappa shape index (κ3) is 7.08. The third-order valence-corrected chi connectivity index (χ3v) is 4.51. The summed E-state index contributed by atoms with van der Waals surface area (Å²) in [5.41, 5.74) is -0.117. The van der Waals surface area contributed by atoms with E-state index >= 15 is 0 Å². The first-order valence-electron chi connectivity index (χ1n) is 9.61. The molecule has 0 aromatic heterocycles. The molecule has 30 heavy (non-hydrogen) atoms. The quantitative estimate of drug-likeness (QED) is 0.280. The molecular formula is C20H25F3O7. The SMILES string of the molecule is CCCCOC(=O)C1CC(OCCOc2cc(OC)c(OC(F)(F)F)cc2C=O)C1. The molecule has 1 aliphatic rings. The van der Waals surface area contributed by atoms with Crippen LogP contribution in [0, 0.1) is 5.92 Å². The molecular weight excluding hydrogens is 409 g/mol. The van der Waals surface area contributed by atoms with Crippen molar-refractivity contribution in [1.29, 1.82) is 0 Å². The number of halogens is 3. The normalized spacial score (nSPS) is 18.3. The minimum Gasteiger partial charge on any atom is -0.493 e. The lowest BCUT2D eigenvalue weighted by atomic mass is 9.82. The van der Waals surface area contributed by atoms with Gasteiger partial charge in [-0.05, 0) is 25.3 Å². The van der Waals surface area contributed by atoms with Crippen LogP contribution in [0.1, 0.15) is 43.0 Å². The zero-order valence-electron chi connectivity index (χ0n) is 16.8. The molecule has 0 unspecified atom stereocenters. The smallest absolute Gasteiger partial charge is 0.493 e. The molecule has 0 N–H and O–H groups in total. The zero-order chi connectivity index (χ0) is 22.1. The van der Waals surface area contributed by atoms with Crippen molar-refractivity contribution in [2.24, 2.45) is 5.92 Å². The standard InChI is InChI=1S/C20H25F3O7/c1-3-4-5-29-19(25)13-8-15(9-13)27-6-7-28-16-11-17(26-2)18(10-14(16)12-24)30-20(21,22)23/h10-13,15H,3-9H2,1-2H3. The molecule has 0 atom stereocenters. The number of carbonyl (C=O) groups is 2. The maximum Gasteiger partial charge on any atom is 0.573 e. The maximum absolute atomic E-state index is 12.5. The van der Waals surface area contributed by atoms with E-state index in [0.29, 0.717) is 25.7 Å². The van der Waals surface area contributed by atoms with Crippen LogP contribution in [0.2, 0.25) is 0 Å². The Hall–Kier alpha value is -2.49. The summed E-state index contributed by atoms with van der Waals surface area (Å²) in [5.74, 6) is -1.17. The molecule has 0 aliphatic heterocycles. The van der Waals surface area contributed by atoms with Crippen LogP contribution < -0.4 is 14.2 Å². The van der Waals surface area contributed by atoms with E-state index in [4.69, 9.17) is 18.9 Å². The van der Waals surface area contributed by atoms with Crippen LogP contribution in [-0.2, 0) is 14.3 Å². The van der Waals surface area contributed by atoms with Crippen LogP contribution >= 0.6 is 0 Å². The number of benzene rings is 1. The number of ether oxygens (including phenoxy) is 5. The van der Waals surface area contributed by atoms with Gasteiger partial charge in [0.05, 0.1) is 37.9 Å².